The molecule has 0 bridgehead atoms. The predicted octanol–water partition coefficient (Wildman–Crippen LogP) is 2.63. The van der Waals surface area contributed by atoms with E-state index in [1.54, 1.807) is 32.9 Å². The zero-order chi connectivity index (χ0) is 13.2. The van der Waals surface area contributed by atoms with Crippen LogP contribution in [0, 0.1) is 5.41 Å². The lowest BCUT2D eigenvalue weighted by atomic mass is 9.87. The zero-order valence-corrected chi connectivity index (χ0v) is 11.4. The molecule has 17 heavy (non-hydrogen) atoms. The molecule has 0 aromatic carbocycles. The van der Waals surface area contributed by atoms with Crippen molar-refractivity contribution >= 4 is 34.8 Å². The van der Waals surface area contributed by atoms with Crippen molar-refractivity contribution in [2.45, 2.75) is 26.8 Å². The molecule has 0 aliphatic heterocycles. The average Bonchev–Trinajstić information content (AvgIpc) is 2.58. The summed E-state index contributed by atoms with van der Waals surface area (Å²) in [6.45, 7) is 5.27. The highest BCUT2D eigenvalue weighted by Gasteiger charge is 2.33. The minimum atomic E-state index is -1.05. The molecule has 1 rings (SSSR count). The second-order valence-corrected chi connectivity index (χ2v) is 6.43. The zero-order valence-electron chi connectivity index (χ0n) is 9.78. The van der Waals surface area contributed by atoms with Gasteiger partial charge in [0.2, 0.25) is 0 Å². The number of aliphatic carboxylic acids is 1. The summed E-state index contributed by atoms with van der Waals surface area (Å²) in [7, 11) is 0. The first-order chi connectivity index (χ1) is 7.71. The Morgan fingerprint density at radius 1 is 1.41 bits per heavy atom. The van der Waals surface area contributed by atoms with Crippen LogP contribution in [0.4, 0.5) is 0 Å². The van der Waals surface area contributed by atoms with Gasteiger partial charge in [-0.3, -0.25) is 4.79 Å². The van der Waals surface area contributed by atoms with E-state index in [-0.39, 0.29) is 0 Å². The SMILES string of the molecule is CC(C)(C)[C@H](NC(=O)c1ccc(Cl)s1)C(=O)O. The molecule has 1 heterocycles. The largest absolute Gasteiger partial charge is 0.480 e. The van der Waals surface area contributed by atoms with E-state index >= 15 is 0 Å². The van der Waals surface area contributed by atoms with Crippen LogP contribution in [0.5, 0.6) is 0 Å². The van der Waals surface area contributed by atoms with E-state index in [9.17, 15) is 9.59 Å². The highest BCUT2D eigenvalue weighted by Crippen LogP contribution is 2.23. The number of rotatable bonds is 3. The van der Waals surface area contributed by atoms with E-state index in [0.717, 1.165) is 11.3 Å². The van der Waals surface area contributed by atoms with E-state index in [1.807, 2.05) is 0 Å². The molecule has 0 aliphatic carbocycles. The molecule has 0 unspecified atom stereocenters. The summed E-state index contributed by atoms with van der Waals surface area (Å²) < 4.78 is 0.498. The van der Waals surface area contributed by atoms with E-state index in [1.165, 1.54) is 0 Å². The molecule has 2 N–H and O–H groups in total. The predicted molar refractivity (Wildman–Crippen MR) is 67.7 cm³/mol. The molecule has 94 valence electrons. The molecule has 0 aliphatic rings. The van der Waals surface area contributed by atoms with Gasteiger partial charge < -0.3 is 10.4 Å². The Hall–Kier alpha value is -1.07. The van der Waals surface area contributed by atoms with E-state index in [0.29, 0.717) is 9.21 Å². The van der Waals surface area contributed by atoms with Crippen molar-refractivity contribution in [3.63, 3.8) is 0 Å². The Kier molecular flexibility index (Phi) is 4.16. The van der Waals surface area contributed by atoms with Crippen molar-refractivity contribution in [2.75, 3.05) is 0 Å². The fraction of sp³-hybridized carbons (Fsp3) is 0.455. The fourth-order valence-electron chi connectivity index (χ4n) is 1.29. The quantitative estimate of drug-likeness (QED) is 0.891. The smallest absolute Gasteiger partial charge is 0.326 e. The van der Waals surface area contributed by atoms with Crippen LogP contribution in [0.2, 0.25) is 4.34 Å². The van der Waals surface area contributed by atoms with Crippen molar-refractivity contribution in [1.29, 1.82) is 0 Å². The van der Waals surface area contributed by atoms with Gasteiger partial charge in [0.15, 0.2) is 0 Å². The van der Waals surface area contributed by atoms with Crippen molar-refractivity contribution in [3.05, 3.63) is 21.3 Å². The van der Waals surface area contributed by atoms with Crippen LogP contribution in [0.25, 0.3) is 0 Å². The van der Waals surface area contributed by atoms with Crippen LogP contribution in [0.3, 0.4) is 0 Å². The Morgan fingerprint density at radius 2 is 2.00 bits per heavy atom. The van der Waals surface area contributed by atoms with Crippen LogP contribution in [0.1, 0.15) is 30.4 Å². The number of amides is 1. The van der Waals surface area contributed by atoms with Gasteiger partial charge >= 0.3 is 5.97 Å². The van der Waals surface area contributed by atoms with Gasteiger partial charge in [0, 0.05) is 0 Å². The van der Waals surface area contributed by atoms with Crippen molar-refractivity contribution in [2.24, 2.45) is 5.41 Å². The Labute approximate surface area is 109 Å². The molecular formula is C11H14ClNO3S. The van der Waals surface area contributed by atoms with Crippen LogP contribution in [-0.2, 0) is 4.79 Å². The van der Waals surface area contributed by atoms with Gasteiger partial charge in [-0.2, -0.15) is 0 Å². The van der Waals surface area contributed by atoms with Crippen LogP contribution in [-0.4, -0.2) is 23.0 Å². The van der Waals surface area contributed by atoms with Gasteiger partial charge in [0.1, 0.15) is 6.04 Å². The van der Waals surface area contributed by atoms with Crippen LogP contribution >= 0.6 is 22.9 Å². The molecule has 0 spiro atoms. The minimum Gasteiger partial charge on any atom is -0.480 e. The molecule has 6 heteroatoms. The lowest BCUT2D eigenvalue weighted by Gasteiger charge is -2.27. The number of carboxylic acid groups (broad SMARTS) is 1. The van der Waals surface area contributed by atoms with E-state index in [2.05, 4.69) is 5.32 Å². The standard InChI is InChI=1S/C11H14ClNO3S/c1-11(2,3)8(10(15)16)13-9(14)6-4-5-7(12)17-6/h4-5,8H,1-3H3,(H,13,14)(H,15,16)/t8-/m1/s1. The Balaban J connectivity index is 2.82. The van der Waals surface area contributed by atoms with Gasteiger partial charge in [0.25, 0.3) is 5.91 Å². The van der Waals surface area contributed by atoms with Crippen molar-refractivity contribution in [1.82, 2.24) is 5.32 Å². The number of thiophene rings is 1. The molecule has 0 fully saturated rings. The first kappa shape index (κ1) is 14.0. The first-order valence-corrected chi connectivity index (χ1v) is 6.20. The number of hydrogen-bond acceptors (Lipinski definition) is 3. The monoisotopic (exact) mass is 275 g/mol. The van der Waals surface area contributed by atoms with Gasteiger partial charge in [-0.25, -0.2) is 4.79 Å². The molecule has 1 aromatic heterocycles. The number of carbonyl (C=O) groups excluding carboxylic acids is 1. The maximum absolute atomic E-state index is 11.8. The average molecular weight is 276 g/mol. The molecule has 0 radical (unpaired) electrons. The molecule has 0 saturated heterocycles. The topological polar surface area (TPSA) is 66.4 Å². The van der Waals surface area contributed by atoms with Crippen LogP contribution in [0.15, 0.2) is 12.1 Å². The summed E-state index contributed by atoms with van der Waals surface area (Å²) in [6.07, 6.45) is 0. The number of carboxylic acids is 1. The van der Waals surface area contributed by atoms with Crippen LogP contribution < -0.4 is 5.32 Å². The maximum atomic E-state index is 11.8. The first-order valence-electron chi connectivity index (χ1n) is 5.01. The Morgan fingerprint density at radius 3 is 2.35 bits per heavy atom. The fourth-order valence-corrected chi connectivity index (χ4v) is 2.23. The molecule has 1 amide bonds. The van der Waals surface area contributed by atoms with Gasteiger partial charge in [-0.05, 0) is 17.5 Å². The summed E-state index contributed by atoms with van der Waals surface area (Å²) in [5.41, 5.74) is -0.553. The second kappa shape index (κ2) is 5.06. The summed E-state index contributed by atoms with van der Waals surface area (Å²) >= 11 is 6.84. The minimum absolute atomic E-state index is 0.408. The number of hydrogen-bond donors (Lipinski definition) is 2. The van der Waals surface area contributed by atoms with Crippen molar-refractivity contribution < 1.29 is 14.7 Å². The molecular weight excluding hydrogens is 262 g/mol. The van der Waals surface area contributed by atoms with Gasteiger partial charge in [-0.15, -0.1) is 11.3 Å². The lowest BCUT2D eigenvalue weighted by Crippen LogP contribution is -2.48. The molecule has 4 nitrogen and oxygen atoms in total. The maximum Gasteiger partial charge on any atom is 0.326 e. The molecule has 1 aromatic rings. The second-order valence-electron chi connectivity index (χ2n) is 4.71. The summed E-state index contributed by atoms with van der Waals surface area (Å²) in [5.74, 6) is -1.46. The van der Waals surface area contributed by atoms with Gasteiger partial charge in [-0.1, -0.05) is 32.4 Å². The number of halogens is 1. The van der Waals surface area contributed by atoms with Gasteiger partial charge in [0.05, 0.1) is 9.21 Å². The lowest BCUT2D eigenvalue weighted by molar-refractivity contribution is -0.142. The summed E-state index contributed by atoms with van der Waals surface area (Å²) in [5, 5.41) is 11.6. The third-order valence-electron chi connectivity index (χ3n) is 2.19. The summed E-state index contributed by atoms with van der Waals surface area (Å²) in [4.78, 5) is 23.3. The summed E-state index contributed by atoms with van der Waals surface area (Å²) in [6, 6.07) is 2.24. The number of carbonyl (C=O) groups is 2. The highest BCUT2D eigenvalue weighted by molar-refractivity contribution is 7.18. The van der Waals surface area contributed by atoms with E-state index < -0.39 is 23.3 Å². The number of nitrogens with one attached hydrogen (secondary N) is 1. The highest BCUT2D eigenvalue weighted by atomic mass is 35.5. The third kappa shape index (κ3) is 3.71. The molecule has 1 atom stereocenters. The normalized spacial score (nSPS) is 13.2. The molecule has 0 saturated carbocycles. The Bertz CT molecular complexity index is 436. The van der Waals surface area contributed by atoms with Crippen molar-refractivity contribution in [3.8, 4) is 0 Å². The van der Waals surface area contributed by atoms with E-state index in [4.69, 9.17) is 16.7 Å². The third-order valence-corrected chi connectivity index (χ3v) is 3.42.